The molecule has 0 fully saturated rings. The van der Waals surface area contributed by atoms with Gasteiger partial charge < -0.3 is 24.8 Å². The average Bonchev–Trinajstić information content (AvgIpc) is 3.13. The number of carbonyl (C=O) groups is 2. The molecule has 1 aliphatic heterocycles. The van der Waals surface area contributed by atoms with Crippen molar-refractivity contribution in [3.8, 4) is 11.5 Å². The van der Waals surface area contributed by atoms with E-state index in [-0.39, 0.29) is 32.4 Å². The molecule has 0 bridgehead atoms. The Bertz CT molecular complexity index is 748. The van der Waals surface area contributed by atoms with Crippen LogP contribution in [0.5, 0.6) is 11.5 Å². The first-order chi connectivity index (χ1) is 12.2. The summed E-state index contributed by atoms with van der Waals surface area (Å²) in [5.41, 5.74) is 1.69. The molecule has 3 rings (SSSR count). The molecule has 0 unspecified atom stereocenters. The van der Waals surface area contributed by atoms with Gasteiger partial charge in [0.15, 0.2) is 11.5 Å². The van der Waals surface area contributed by atoms with Crippen LogP contribution in [-0.4, -0.2) is 25.3 Å². The van der Waals surface area contributed by atoms with E-state index in [9.17, 15) is 9.59 Å². The fraction of sp³-hybridized carbons (Fsp3) is 0.222. The smallest absolute Gasteiger partial charge is 0.407 e. The molecule has 0 aromatic heterocycles. The summed E-state index contributed by atoms with van der Waals surface area (Å²) in [4.78, 5) is 23.4. The Morgan fingerprint density at radius 2 is 1.84 bits per heavy atom. The lowest BCUT2D eigenvalue weighted by Gasteiger charge is -2.09. The van der Waals surface area contributed by atoms with Crippen LogP contribution in [0.2, 0.25) is 0 Å². The van der Waals surface area contributed by atoms with Crippen LogP contribution in [0.4, 0.5) is 4.79 Å². The summed E-state index contributed by atoms with van der Waals surface area (Å²) in [6.07, 6.45) is -0.642. The Balaban J connectivity index is 1.38. The van der Waals surface area contributed by atoms with E-state index in [1.807, 2.05) is 42.5 Å². The van der Waals surface area contributed by atoms with Crippen LogP contribution in [0.25, 0.3) is 0 Å². The summed E-state index contributed by atoms with van der Waals surface area (Å²) in [5.74, 6) is 0.973. The number of fused-ring (bicyclic) bond motifs is 1. The van der Waals surface area contributed by atoms with Crippen LogP contribution < -0.4 is 20.1 Å². The molecule has 7 nitrogen and oxygen atoms in total. The largest absolute Gasteiger partial charge is 0.454 e. The lowest BCUT2D eigenvalue weighted by molar-refractivity contribution is -0.120. The number of alkyl carbamates (subject to hydrolysis) is 1. The van der Waals surface area contributed by atoms with E-state index >= 15 is 0 Å². The molecule has 0 radical (unpaired) electrons. The fourth-order valence-electron chi connectivity index (χ4n) is 2.31. The zero-order chi connectivity index (χ0) is 17.5. The highest BCUT2D eigenvalue weighted by Gasteiger charge is 2.17. The molecule has 2 amide bonds. The third-order valence-electron chi connectivity index (χ3n) is 3.56. The molecule has 130 valence electrons. The molecule has 0 spiro atoms. The topological polar surface area (TPSA) is 85.9 Å². The van der Waals surface area contributed by atoms with Gasteiger partial charge in [0.25, 0.3) is 0 Å². The van der Waals surface area contributed by atoms with E-state index in [0.29, 0.717) is 11.5 Å². The molecular weight excluding hydrogens is 324 g/mol. The summed E-state index contributed by atoms with van der Waals surface area (Å²) < 4.78 is 15.7. The molecule has 0 aliphatic carbocycles. The predicted octanol–water partition coefficient (Wildman–Crippen LogP) is 1.96. The molecular formula is C18H18N2O5. The van der Waals surface area contributed by atoms with Gasteiger partial charge in [0.05, 0.1) is 0 Å². The standard InChI is InChI=1S/C18H18N2O5/c21-16(10-20-18(22)23-11-13-5-2-1-3-6-13)19-9-14-7-4-8-15-17(14)25-12-24-15/h1-8H,9-12H2,(H,19,21)(H,20,22). The maximum absolute atomic E-state index is 11.8. The van der Waals surface area contributed by atoms with Crippen LogP contribution in [0.1, 0.15) is 11.1 Å². The fourth-order valence-corrected chi connectivity index (χ4v) is 2.31. The zero-order valence-corrected chi connectivity index (χ0v) is 13.5. The summed E-state index contributed by atoms with van der Waals surface area (Å²) in [5, 5.41) is 5.13. The van der Waals surface area contributed by atoms with Crippen molar-refractivity contribution in [2.24, 2.45) is 0 Å². The number of ether oxygens (including phenoxy) is 3. The highest BCUT2D eigenvalue weighted by Crippen LogP contribution is 2.35. The Morgan fingerprint density at radius 3 is 2.68 bits per heavy atom. The number of carbonyl (C=O) groups excluding carboxylic acids is 2. The molecule has 2 N–H and O–H groups in total. The lowest BCUT2D eigenvalue weighted by Crippen LogP contribution is -2.36. The lowest BCUT2D eigenvalue weighted by atomic mass is 10.2. The van der Waals surface area contributed by atoms with Gasteiger partial charge >= 0.3 is 6.09 Å². The number of hydrogen-bond donors (Lipinski definition) is 2. The normalized spacial score (nSPS) is 11.7. The Hall–Kier alpha value is -3.22. The Kier molecular flexibility index (Phi) is 5.36. The third kappa shape index (κ3) is 4.63. The van der Waals surface area contributed by atoms with E-state index in [1.165, 1.54) is 0 Å². The van der Waals surface area contributed by atoms with Crippen LogP contribution in [0.3, 0.4) is 0 Å². The van der Waals surface area contributed by atoms with Gasteiger partial charge in [0, 0.05) is 12.1 Å². The maximum Gasteiger partial charge on any atom is 0.407 e. The molecule has 7 heteroatoms. The second-order valence-electron chi connectivity index (χ2n) is 5.34. The minimum Gasteiger partial charge on any atom is -0.454 e. The van der Waals surface area contributed by atoms with Gasteiger partial charge in [-0.15, -0.1) is 0 Å². The van der Waals surface area contributed by atoms with Crippen molar-refractivity contribution in [1.82, 2.24) is 10.6 Å². The van der Waals surface area contributed by atoms with E-state index in [0.717, 1.165) is 11.1 Å². The first-order valence-electron chi connectivity index (χ1n) is 7.81. The van der Waals surface area contributed by atoms with Crippen LogP contribution in [0, 0.1) is 0 Å². The van der Waals surface area contributed by atoms with Gasteiger partial charge in [-0.25, -0.2) is 4.79 Å². The van der Waals surface area contributed by atoms with Crippen molar-refractivity contribution in [3.63, 3.8) is 0 Å². The highest BCUT2D eigenvalue weighted by molar-refractivity contribution is 5.82. The Morgan fingerprint density at radius 1 is 1.00 bits per heavy atom. The van der Waals surface area contributed by atoms with E-state index in [4.69, 9.17) is 14.2 Å². The number of rotatable bonds is 6. The molecule has 1 aliphatic rings. The quantitative estimate of drug-likeness (QED) is 0.838. The summed E-state index contributed by atoms with van der Waals surface area (Å²) in [6.45, 7) is 0.447. The van der Waals surface area contributed by atoms with Crippen molar-refractivity contribution in [2.45, 2.75) is 13.2 Å². The zero-order valence-electron chi connectivity index (χ0n) is 13.5. The molecule has 2 aromatic carbocycles. The second-order valence-corrected chi connectivity index (χ2v) is 5.34. The molecule has 1 heterocycles. The van der Waals surface area contributed by atoms with Gasteiger partial charge in [-0.3, -0.25) is 4.79 Å². The molecule has 0 saturated carbocycles. The Labute approximate surface area is 144 Å². The second kappa shape index (κ2) is 8.05. The van der Waals surface area contributed by atoms with Crippen LogP contribution >= 0.6 is 0 Å². The van der Waals surface area contributed by atoms with Gasteiger partial charge in [-0.2, -0.15) is 0 Å². The first-order valence-corrected chi connectivity index (χ1v) is 7.81. The number of para-hydroxylation sites is 1. The maximum atomic E-state index is 11.8. The summed E-state index contributed by atoms with van der Waals surface area (Å²) in [7, 11) is 0. The van der Waals surface area contributed by atoms with Crippen molar-refractivity contribution < 1.29 is 23.8 Å². The van der Waals surface area contributed by atoms with E-state index in [1.54, 1.807) is 6.07 Å². The number of amides is 2. The predicted molar refractivity (Wildman–Crippen MR) is 89.0 cm³/mol. The minimum absolute atomic E-state index is 0.155. The number of nitrogens with one attached hydrogen (secondary N) is 2. The first kappa shape index (κ1) is 16.6. The van der Waals surface area contributed by atoms with Gasteiger partial charge in [0.1, 0.15) is 13.2 Å². The van der Waals surface area contributed by atoms with Crippen molar-refractivity contribution in [2.75, 3.05) is 13.3 Å². The molecule has 0 atom stereocenters. The molecule has 2 aromatic rings. The van der Waals surface area contributed by atoms with Crippen molar-refractivity contribution >= 4 is 12.0 Å². The monoisotopic (exact) mass is 342 g/mol. The van der Waals surface area contributed by atoms with Gasteiger partial charge in [-0.05, 0) is 11.6 Å². The van der Waals surface area contributed by atoms with Crippen LogP contribution in [0.15, 0.2) is 48.5 Å². The summed E-state index contributed by atoms with van der Waals surface area (Å²) in [6, 6.07) is 14.8. The third-order valence-corrected chi connectivity index (χ3v) is 3.56. The minimum atomic E-state index is -0.642. The number of hydrogen-bond acceptors (Lipinski definition) is 5. The van der Waals surface area contributed by atoms with Gasteiger partial charge in [0.2, 0.25) is 12.7 Å². The summed E-state index contributed by atoms with van der Waals surface area (Å²) >= 11 is 0. The van der Waals surface area contributed by atoms with Crippen LogP contribution in [-0.2, 0) is 22.7 Å². The van der Waals surface area contributed by atoms with Crippen molar-refractivity contribution in [1.29, 1.82) is 0 Å². The van der Waals surface area contributed by atoms with E-state index < -0.39 is 6.09 Å². The highest BCUT2D eigenvalue weighted by atomic mass is 16.7. The molecule has 25 heavy (non-hydrogen) atoms. The number of benzene rings is 2. The van der Waals surface area contributed by atoms with Crippen molar-refractivity contribution in [3.05, 3.63) is 59.7 Å². The SMILES string of the molecule is O=C(CNC(=O)OCc1ccccc1)NCc1cccc2c1OCO2. The average molecular weight is 342 g/mol. The van der Waals surface area contributed by atoms with E-state index in [2.05, 4.69) is 10.6 Å². The molecule has 0 saturated heterocycles. The van der Waals surface area contributed by atoms with Gasteiger partial charge in [-0.1, -0.05) is 42.5 Å².